The summed E-state index contributed by atoms with van der Waals surface area (Å²) in [4.78, 5) is 25.0. The van der Waals surface area contributed by atoms with Crippen molar-refractivity contribution in [2.24, 2.45) is 0 Å². The summed E-state index contributed by atoms with van der Waals surface area (Å²) >= 11 is 0. The largest absolute Gasteiger partial charge is 0.444 e. The third-order valence-corrected chi connectivity index (χ3v) is 4.29. The number of rotatable bonds is 4. The molecule has 28 heavy (non-hydrogen) atoms. The molecule has 0 atom stereocenters. The lowest BCUT2D eigenvalue weighted by molar-refractivity contribution is 0.0736. The van der Waals surface area contributed by atoms with Gasteiger partial charge in [0, 0.05) is 11.6 Å². The van der Waals surface area contributed by atoms with Crippen LogP contribution in [-0.4, -0.2) is 16.6 Å². The first kappa shape index (κ1) is 17.5. The minimum absolute atomic E-state index is 0.158. The van der Waals surface area contributed by atoms with Crippen LogP contribution in [0.1, 0.15) is 15.9 Å². The summed E-state index contributed by atoms with van der Waals surface area (Å²) in [5.74, 6) is -0.188. The second-order valence-electron chi connectivity index (χ2n) is 6.18. The Morgan fingerprint density at radius 2 is 1.50 bits per heavy atom. The van der Waals surface area contributed by atoms with Crippen molar-refractivity contribution in [2.45, 2.75) is 6.61 Å². The van der Waals surface area contributed by atoms with Gasteiger partial charge in [-0.25, -0.2) is 14.2 Å². The minimum atomic E-state index is -0.540. The fourth-order valence-corrected chi connectivity index (χ4v) is 2.92. The maximum absolute atomic E-state index is 12.6. The molecule has 0 aliphatic rings. The Morgan fingerprint density at radius 3 is 2.25 bits per heavy atom. The summed E-state index contributed by atoms with van der Waals surface area (Å²) in [6, 6.07) is 25.2. The van der Waals surface area contributed by atoms with E-state index in [4.69, 9.17) is 9.47 Å². The van der Waals surface area contributed by atoms with Gasteiger partial charge in [-0.1, -0.05) is 60.7 Å². The maximum Gasteiger partial charge on any atom is 0.418 e. The molecule has 0 bridgehead atoms. The summed E-state index contributed by atoms with van der Waals surface area (Å²) in [7, 11) is 0. The number of esters is 1. The number of hydrogen-bond donors (Lipinski definition) is 0. The molecule has 5 nitrogen and oxygen atoms in total. The zero-order valence-corrected chi connectivity index (χ0v) is 14.9. The fraction of sp³-hybridized carbons (Fsp3) is 0.0435. The molecule has 0 spiro atoms. The second-order valence-corrected chi connectivity index (χ2v) is 6.18. The van der Waals surface area contributed by atoms with Crippen LogP contribution in [0.5, 0.6) is 5.75 Å². The van der Waals surface area contributed by atoms with Crippen LogP contribution in [0.25, 0.3) is 10.9 Å². The normalized spacial score (nSPS) is 10.6. The highest BCUT2D eigenvalue weighted by Gasteiger charge is 2.17. The summed E-state index contributed by atoms with van der Waals surface area (Å²) in [6.45, 7) is 0.158. The van der Waals surface area contributed by atoms with Crippen molar-refractivity contribution < 1.29 is 19.1 Å². The van der Waals surface area contributed by atoms with Crippen LogP contribution >= 0.6 is 0 Å². The van der Waals surface area contributed by atoms with Crippen molar-refractivity contribution in [3.63, 3.8) is 0 Å². The third-order valence-electron chi connectivity index (χ3n) is 4.29. The first-order chi connectivity index (χ1) is 13.7. The number of benzene rings is 3. The SMILES string of the molecule is O=C(Oc1cccc2ccn(C(=O)OCc3ccccc3)c12)c1ccccc1. The van der Waals surface area contributed by atoms with Crippen LogP contribution in [0.3, 0.4) is 0 Å². The van der Waals surface area contributed by atoms with Crippen LogP contribution in [0.4, 0.5) is 4.79 Å². The van der Waals surface area contributed by atoms with E-state index in [1.54, 1.807) is 48.7 Å². The molecule has 138 valence electrons. The van der Waals surface area contributed by atoms with Crippen molar-refractivity contribution in [1.82, 2.24) is 4.57 Å². The van der Waals surface area contributed by atoms with Gasteiger partial charge in [0.2, 0.25) is 0 Å². The first-order valence-electron chi connectivity index (χ1n) is 8.81. The van der Waals surface area contributed by atoms with Gasteiger partial charge in [-0.3, -0.25) is 0 Å². The summed E-state index contributed by atoms with van der Waals surface area (Å²) < 4.78 is 12.3. The third kappa shape index (κ3) is 3.64. The highest BCUT2D eigenvalue weighted by atomic mass is 16.6. The average molecular weight is 371 g/mol. The van der Waals surface area contributed by atoms with Crippen molar-refractivity contribution in [3.05, 3.63) is 102 Å². The van der Waals surface area contributed by atoms with Crippen molar-refractivity contribution in [1.29, 1.82) is 0 Å². The van der Waals surface area contributed by atoms with Gasteiger partial charge >= 0.3 is 12.1 Å². The van der Waals surface area contributed by atoms with E-state index in [0.717, 1.165) is 10.9 Å². The monoisotopic (exact) mass is 371 g/mol. The second kappa shape index (κ2) is 7.80. The van der Waals surface area contributed by atoms with E-state index in [0.29, 0.717) is 16.8 Å². The van der Waals surface area contributed by atoms with Gasteiger partial charge in [0.1, 0.15) is 12.1 Å². The number of ether oxygens (including phenoxy) is 2. The Kier molecular flexibility index (Phi) is 4.89. The Morgan fingerprint density at radius 1 is 0.786 bits per heavy atom. The van der Waals surface area contributed by atoms with E-state index in [2.05, 4.69) is 0 Å². The molecule has 0 aliphatic heterocycles. The highest BCUT2D eigenvalue weighted by Crippen LogP contribution is 2.28. The van der Waals surface area contributed by atoms with Gasteiger partial charge < -0.3 is 9.47 Å². The highest BCUT2D eigenvalue weighted by molar-refractivity contribution is 5.97. The molecule has 1 heterocycles. The molecular formula is C23H17NO4. The maximum atomic E-state index is 12.6. The predicted molar refractivity (Wildman–Crippen MR) is 105 cm³/mol. The molecule has 1 aromatic heterocycles. The van der Waals surface area contributed by atoms with Gasteiger partial charge in [-0.15, -0.1) is 0 Å². The fourth-order valence-electron chi connectivity index (χ4n) is 2.92. The van der Waals surface area contributed by atoms with Crippen LogP contribution in [0.15, 0.2) is 91.1 Å². The molecule has 0 N–H and O–H groups in total. The molecule has 0 aliphatic carbocycles. The lowest BCUT2D eigenvalue weighted by Gasteiger charge is -2.10. The average Bonchev–Trinajstić information content (AvgIpc) is 3.19. The molecule has 0 saturated carbocycles. The number of hydrogen-bond acceptors (Lipinski definition) is 4. The van der Waals surface area contributed by atoms with Crippen LogP contribution < -0.4 is 4.74 Å². The first-order valence-corrected chi connectivity index (χ1v) is 8.81. The smallest absolute Gasteiger partial charge is 0.418 e. The number of nitrogens with zero attached hydrogens (tertiary/aromatic N) is 1. The van der Waals surface area contributed by atoms with E-state index in [1.807, 2.05) is 42.5 Å². The topological polar surface area (TPSA) is 57.5 Å². The quantitative estimate of drug-likeness (QED) is 0.372. The Hall–Kier alpha value is -3.86. The van der Waals surface area contributed by atoms with E-state index in [-0.39, 0.29) is 6.61 Å². The summed E-state index contributed by atoms with van der Waals surface area (Å²) in [6.07, 6.45) is 1.07. The molecule has 0 radical (unpaired) electrons. The Bertz CT molecular complexity index is 1120. The Balaban J connectivity index is 1.59. The lowest BCUT2D eigenvalue weighted by Crippen LogP contribution is -2.14. The van der Waals surface area contributed by atoms with Gasteiger partial charge in [0.15, 0.2) is 5.75 Å². The van der Waals surface area contributed by atoms with Gasteiger partial charge in [-0.05, 0) is 29.8 Å². The van der Waals surface area contributed by atoms with E-state index in [9.17, 15) is 9.59 Å². The van der Waals surface area contributed by atoms with Crippen molar-refractivity contribution in [2.75, 3.05) is 0 Å². The molecule has 4 aromatic rings. The molecule has 0 amide bonds. The molecular weight excluding hydrogens is 354 g/mol. The van der Waals surface area contributed by atoms with Gasteiger partial charge in [0.05, 0.1) is 5.56 Å². The van der Waals surface area contributed by atoms with Crippen molar-refractivity contribution >= 4 is 23.0 Å². The standard InChI is InChI=1S/C23H17NO4/c25-22(19-10-5-2-6-11-19)28-20-13-7-12-18-14-15-24(21(18)20)23(26)27-16-17-8-3-1-4-9-17/h1-15H,16H2. The Labute approximate surface area is 161 Å². The van der Waals surface area contributed by atoms with E-state index in [1.165, 1.54) is 4.57 Å². The summed E-state index contributed by atoms with van der Waals surface area (Å²) in [5.41, 5.74) is 1.82. The minimum Gasteiger partial charge on any atom is -0.444 e. The lowest BCUT2D eigenvalue weighted by atomic mass is 10.2. The molecule has 0 fully saturated rings. The zero-order valence-electron chi connectivity index (χ0n) is 14.9. The number of fused-ring (bicyclic) bond motifs is 1. The van der Waals surface area contributed by atoms with Gasteiger partial charge in [0.25, 0.3) is 0 Å². The number of para-hydroxylation sites is 1. The van der Waals surface area contributed by atoms with Crippen molar-refractivity contribution in [3.8, 4) is 5.75 Å². The molecule has 0 saturated heterocycles. The molecule has 3 aromatic carbocycles. The van der Waals surface area contributed by atoms with Gasteiger partial charge in [-0.2, -0.15) is 0 Å². The number of carbonyl (C=O) groups excluding carboxylic acids is 2. The van der Waals surface area contributed by atoms with Crippen LogP contribution in [-0.2, 0) is 11.3 Å². The molecule has 4 rings (SSSR count). The molecule has 5 heteroatoms. The number of aromatic nitrogens is 1. The van der Waals surface area contributed by atoms with E-state index >= 15 is 0 Å². The van der Waals surface area contributed by atoms with Crippen LogP contribution in [0.2, 0.25) is 0 Å². The molecule has 0 unspecified atom stereocenters. The van der Waals surface area contributed by atoms with Crippen LogP contribution in [0, 0.1) is 0 Å². The zero-order chi connectivity index (χ0) is 19.3. The number of carbonyl (C=O) groups is 2. The van der Waals surface area contributed by atoms with E-state index < -0.39 is 12.1 Å². The summed E-state index contributed by atoms with van der Waals surface area (Å²) in [5, 5.41) is 0.773. The predicted octanol–water partition coefficient (Wildman–Crippen LogP) is 5.05.